The second-order valence-electron chi connectivity index (χ2n) is 7.30. The van der Waals surface area contributed by atoms with Crippen molar-refractivity contribution in [1.29, 1.82) is 0 Å². The van der Waals surface area contributed by atoms with E-state index in [4.69, 9.17) is 21.1 Å². The Labute approximate surface area is 211 Å². The summed E-state index contributed by atoms with van der Waals surface area (Å²) < 4.78 is 11.7. The maximum atomic E-state index is 11.9. The van der Waals surface area contributed by atoms with Crippen LogP contribution in [-0.4, -0.2) is 32.9 Å². The van der Waals surface area contributed by atoms with Crippen molar-refractivity contribution in [1.82, 2.24) is 15.2 Å². The number of halogens is 1. The van der Waals surface area contributed by atoms with Crippen LogP contribution < -0.4 is 9.47 Å². The summed E-state index contributed by atoms with van der Waals surface area (Å²) in [6.45, 7) is 2.72. The molecule has 7 nitrogen and oxygen atoms in total. The third kappa shape index (κ3) is 6.65. The molecule has 0 fully saturated rings. The van der Waals surface area contributed by atoms with Crippen LogP contribution in [0.4, 0.5) is 0 Å². The number of nitrogens with one attached hydrogen (secondary N) is 1. The predicted octanol–water partition coefficient (Wildman–Crippen LogP) is 6.32. The zero-order valence-corrected chi connectivity index (χ0v) is 20.3. The van der Waals surface area contributed by atoms with E-state index in [1.165, 1.54) is 0 Å². The second-order valence-corrected chi connectivity index (χ2v) is 8.75. The van der Waals surface area contributed by atoms with Gasteiger partial charge in [-0.25, -0.2) is 9.78 Å². The minimum absolute atomic E-state index is 0.0621. The lowest BCUT2D eigenvalue weighted by Crippen LogP contribution is -2.00. The fraction of sp³-hybridized carbons (Fsp3) is 0.115. The number of rotatable bonds is 10. The molecule has 0 atom stereocenters. The Kier molecular flexibility index (Phi) is 8.07. The Bertz CT molecular complexity index is 1320. The molecule has 0 saturated heterocycles. The third-order valence-corrected chi connectivity index (χ3v) is 5.93. The molecule has 0 unspecified atom stereocenters. The van der Waals surface area contributed by atoms with Gasteiger partial charge in [0.2, 0.25) is 5.16 Å². The van der Waals surface area contributed by atoms with Crippen LogP contribution in [0.3, 0.4) is 0 Å². The molecule has 0 saturated carbocycles. The molecule has 178 valence electrons. The van der Waals surface area contributed by atoms with Crippen LogP contribution in [0.2, 0.25) is 5.02 Å². The van der Waals surface area contributed by atoms with Gasteiger partial charge in [0.15, 0.2) is 17.3 Å². The number of aromatic amines is 1. The number of thioether (sulfide) groups is 1. The first-order valence-electron chi connectivity index (χ1n) is 10.8. The summed E-state index contributed by atoms with van der Waals surface area (Å²) >= 11 is 6.88. The van der Waals surface area contributed by atoms with Crippen molar-refractivity contribution in [2.75, 3.05) is 6.61 Å². The van der Waals surface area contributed by atoms with E-state index >= 15 is 0 Å². The van der Waals surface area contributed by atoms with Crippen LogP contribution in [0, 0.1) is 0 Å². The molecule has 1 heterocycles. The van der Waals surface area contributed by atoms with Gasteiger partial charge in [-0.05, 0) is 72.3 Å². The van der Waals surface area contributed by atoms with Crippen LogP contribution in [0.1, 0.15) is 18.1 Å². The first kappa shape index (κ1) is 24.4. The number of aliphatic carboxylic acids is 1. The number of H-pyrrole nitrogens is 1. The van der Waals surface area contributed by atoms with Gasteiger partial charge >= 0.3 is 5.97 Å². The first-order valence-corrected chi connectivity index (χ1v) is 12.0. The summed E-state index contributed by atoms with van der Waals surface area (Å²) in [5.74, 6) is 0.552. The highest BCUT2D eigenvalue weighted by atomic mass is 35.5. The summed E-state index contributed by atoms with van der Waals surface area (Å²) in [5.41, 5.74) is 2.48. The van der Waals surface area contributed by atoms with E-state index in [9.17, 15) is 9.90 Å². The van der Waals surface area contributed by atoms with Crippen molar-refractivity contribution in [2.24, 2.45) is 0 Å². The number of carboxylic acids is 1. The Morgan fingerprint density at radius 3 is 2.54 bits per heavy atom. The summed E-state index contributed by atoms with van der Waals surface area (Å²) in [7, 11) is 0. The number of aromatic nitrogens is 3. The molecule has 0 aliphatic carbocycles. The highest BCUT2D eigenvalue weighted by Gasteiger charge is 2.15. The van der Waals surface area contributed by atoms with Crippen molar-refractivity contribution >= 4 is 35.4 Å². The molecule has 0 aliphatic rings. The Morgan fingerprint density at radius 1 is 1.06 bits per heavy atom. The Hall–Kier alpha value is -3.75. The standard InChI is InChI=1S/C26H22ClN3O4S/c1-2-33-22-14-18(8-13-21(22)34-16-17-6-4-3-5-7-17)15-23(25(31)32)35-26-28-24(29-30-26)19-9-11-20(27)12-10-19/h3-15H,2,16H2,1H3,(H,31,32)(H,28,29,30)/b23-15-. The largest absolute Gasteiger partial charge is 0.490 e. The van der Waals surface area contributed by atoms with E-state index in [0.717, 1.165) is 22.9 Å². The van der Waals surface area contributed by atoms with E-state index in [2.05, 4.69) is 15.2 Å². The van der Waals surface area contributed by atoms with E-state index in [0.29, 0.717) is 41.1 Å². The molecule has 0 aliphatic heterocycles. The number of carbonyl (C=O) groups is 1. The van der Waals surface area contributed by atoms with Crippen LogP contribution in [0.25, 0.3) is 17.5 Å². The van der Waals surface area contributed by atoms with Gasteiger partial charge in [0, 0.05) is 10.6 Å². The third-order valence-electron chi connectivity index (χ3n) is 4.80. The van der Waals surface area contributed by atoms with Crippen LogP contribution in [-0.2, 0) is 11.4 Å². The maximum Gasteiger partial charge on any atom is 0.342 e. The number of hydrogen-bond acceptors (Lipinski definition) is 6. The van der Waals surface area contributed by atoms with Crippen molar-refractivity contribution in [3.8, 4) is 22.9 Å². The Balaban J connectivity index is 1.53. The average Bonchev–Trinajstić information content (AvgIpc) is 3.33. The summed E-state index contributed by atoms with van der Waals surface area (Å²) in [5, 5.41) is 17.6. The van der Waals surface area contributed by atoms with E-state index in [1.807, 2.05) is 49.4 Å². The quantitative estimate of drug-likeness (QED) is 0.191. The lowest BCUT2D eigenvalue weighted by molar-refractivity contribution is -0.131. The van der Waals surface area contributed by atoms with E-state index in [-0.39, 0.29) is 10.1 Å². The molecular weight excluding hydrogens is 486 g/mol. The van der Waals surface area contributed by atoms with Gasteiger partial charge in [0.1, 0.15) is 11.5 Å². The van der Waals surface area contributed by atoms with Crippen molar-refractivity contribution in [2.45, 2.75) is 18.7 Å². The maximum absolute atomic E-state index is 11.9. The van der Waals surface area contributed by atoms with Gasteiger partial charge in [-0.3, -0.25) is 5.10 Å². The fourth-order valence-electron chi connectivity index (χ4n) is 3.15. The lowest BCUT2D eigenvalue weighted by Gasteiger charge is -2.13. The van der Waals surface area contributed by atoms with Gasteiger partial charge in [0.05, 0.1) is 6.61 Å². The number of benzene rings is 3. The molecule has 4 aromatic rings. The molecule has 1 aromatic heterocycles. The van der Waals surface area contributed by atoms with Crippen molar-refractivity contribution in [3.05, 3.63) is 93.9 Å². The molecule has 0 amide bonds. The molecule has 2 N–H and O–H groups in total. The van der Waals surface area contributed by atoms with Crippen molar-refractivity contribution < 1.29 is 19.4 Å². The second kappa shape index (κ2) is 11.6. The fourth-order valence-corrected chi connectivity index (χ4v) is 3.98. The summed E-state index contributed by atoms with van der Waals surface area (Å²) in [4.78, 5) is 16.4. The van der Waals surface area contributed by atoms with Crippen LogP contribution in [0.5, 0.6) is 11.5 Å². The monoisotopic (exact) mass is 507 g/mol. The summed E-state index contributed by atoms with van der Waals surface area (Å²) in [6, 6.07) is 22.2. The SMILES string of the molecule is CCOc1cc(/C=C(\Sc2n[nH]c(-c3ccc(Cl)cc3)n2)C(=O)O)ccc1OCc1ccccc1. The number of hydrogen-bond donors (Lipinski definition) is 2. The van der Waals surface area contributed by atoms with E-state index < -0.39 is 5.97 Å². The zero-order valence-electron chi connectivity index (χ0n) is 18.8. The molecule has 35 heavy (non-hydrogen) atoms. The highest BCUT2D eigenvalue weighted by molar-refractivity contribution is 8.04. The van der Waals surface area contributed by atoms with Gasteiger partial charge < -0.3 is 14.6 Å². The van der Waals surface area contributed by atoms with Gasteiger partial charge in [0.25, 0.3) is 0 Å². The van der Waals surface area contributed by atoms with Crippen LogP contribution in [0.15, 0.2) is 82.9 Å². The number of carboxylic acid groups (broad SMARTS) is 1. The zero-order chi connectivity index (χ0) is 24.6. The summed E-state index contributed by atoms with van der Waals surface area (Å²) in [6.07, 6.45) is 1.55. The van der Waals surface area contributed by atoms with Crippen LogP contribution >= 0.6 is 23.4 Å². The molecule has 0 spiro atoms. The Morgan fingerprint density at radius 2 is 1.83 bits per heavy atom. The first-order chi connectivity index (χ1) is 17.0. The molecule has 9 heteroatoms. The van der Waals surface area contributed by atoms with Gasteiger partial charge in [-0.1, -0.05) is 48.0 Å². The molecule has 0 radical (unpaired) electrons. The number of nitrogens with zero attached hydrogens (tertiary/aromatic N) is 2. The minimum atomic E-state index is -1.09. The molecule has 4 rings (SSSR count). The molecule has 3 aromatic carbocycles. The van der Waals surface area contributed by atoms with Gasteiger partial charge in [-0.2, -0.15) is 0 Å². The molecule has 0 bridgehead atoms. The van der Waals surface area contributed by atoms with Crippen molar-refractivity contribution in [3.63, 3.8) is 0 Å². The number of ether oxygens (including phenoxy) is 2. The predicted molar refractivity (Wildman–Crippen MR) is 137 cm³/mol. The van der Waals surface area contributed by atoms with Gasteiger partial charge in [-0.15, -0.1) is 5.10 Å². The smallest absolute Gasteiger partial charge is 0.342 e. The normalized spacial score (nSPS) is 11.3. The average molecular weight is 508 g/mol. The topological polar surface area (TPSA) is 97.3 Å². The molecular formula is C26H22ClN3O4S. The highest BCUT2D eigenvalue weighted by Crippen LogP contribution is 2.32. The minimum Gasteiger partial charge on any atom is -0.490 e. The van der Waals surface area contributed by atoms with E-state index in [1.54, 1.807) is 36.4 Å². The lowest BCUT2D eigenvalue weighted by atomic mass is 10.2.